The zero-order valence-electron chi connectivity index (χ0n) is 14.4. The van der Waals surface area contributed by atoms with Crippen molar-refractivity contribution in [2.45, 2.75) is 13.0 Å². The SMILES string of the molecule is CC(C(=O)NCCNC(=O)c1ccc(F)cc1)C(N)c1ccccc1.Cl. The van der Waals surface area contributed by atoms with Crippen molar-refractivity contribution >= 4 is 24.2 Å². The molecule has 0 heterocycles. The van der Waals surface area contributed by atoms with E-state index in [-0.39, 0.29) is 37.3 Å². The highest BCUT2D eigenvalue weighted by Crippen LogP contribution is 2.18. The van der Waals surface area contributed by atoms with Crippen molar-refractivity contribution in [3.05, 3.63) is 71.5 Å². The summed E-state index contributed by atoms with van der Waals surface area (Å²) in [4.78, 5) is 24.0. The van der Waals surface area contributed by atoms with Crippen molar-refractivity contribution in [2.75, 3.05) is 13.1 Å². The molecule has 140 valence electrons. The molecule has 0 spiro atoms. The maximum atomic E-state index is 12.8. The van der Waals surface area contributed by atoms with Crippen molar-refractivity contribution in [1.29, 1.82) is 0 Å². The Balaban J connectivity index is 0.00000338. The summed E-state index contributed by atoms with van der Waals surface area (Å²) in [6.45, 7) is 2.33. The van der Waals surface area contributed by atoms with E-state index >= 15 is 0 Å². The summed E-state index contributed by atoms with van der Waals surface area (Å²) in [5.41, 5.74) is 7.38. The summed E-state index contributed by atoms with van der Waals surface area (Å²) in [5, 5.41) is 5.42. The fourth-order valence-corrected chi connectivity index (χ4v) is 2.35. The van der Waals surface area contributed by atoms with Gasteiger partial charge in [0.25, 0.3) is 5.91 Å². The van der Waals surface area contributed by atoms with Gasteiger partial charge < -0.3 is 16.4 Å². The summed E-state index contributed by atoms with van der Waals surface area (Å²) < 4.78 is 12.8. The molecule has 0 radical (unpaired) electrons. The van der Waals surface area contributed by atoms with Crippen LogP contribution in [0, 0.1) is 11.7 Å². The molecule has 2 amide bonds. The normalized spacial score (nSPS) is 12.4. The van der Waals surface area contributed by atoms with Gasteiger partial charge in [-0.05, 0) is 29.8 Å². The maximum Gasteiger partial charge on any atom is 0.251 e. The molecule has 0 aliphatic rings. The Kier molecular flexibility index (Phi) is 8.75. The standard InChI is InChI=1S/C19H22FN3O2.ClH/c1-13(17(21)14-5-3-2-4-6-14)18(24)22-11-12-23-19(25)15-7-9-16(20)10-8-15;/h2-10,13,17H,11-12,21H2,1H3,(H,22,24)(H,23,25);1H. The van der Waals surface area contributed by atoms with Crippen LogP contribution >= 0.6 is 12.4 Å². The van der Waals surface area contributed by atoms with E-state index in [0.29, 0.717) is 5.56 Å². The van der Waals surface area contributed by atoms with E-state index in [2.05, 4.69) is 10.6 Å². The molecular formula is C19H23ClFN3O2. The lowest BCUT2D eigenvalue weighted by molar-refractivity contribution is -0.125. The molecule has 5 nitrogen and oxygen atoms in total. The number of benzene rings is 2. The van der Waals surface area contributed by atoms with E-state index in [1.54, 1.807) is 6.92 Å². The summed E-state index contributed by atoms with van der Waals surface area (Å²) in [6, 6.07) is 14.3. The highest BCUT2D eigenvalue weighted by atomic mass is 35.5. The lowest BCUT2D eigenvalue weighted by Gasteiger charge is -2.19. The number of rotatable bonds is 7. The van der Waals surface area contributed by atoms with E-state index in [1.165, 1.54) is 24.3 Å². The maximum absolute atomic E-state index is 12.8. The minimum Gasteiger partial charge on any atom is -0.354 e. The van der Waals surface area contributed by atoms with Crippen LogP contribution < -0.4 is 16.4 Å². The monoisotopic (exact) mass is 379 g/mol. The van der Waals surface area contributed by atoms with Crippen molar-refractivity contribution in [3.8, 4) is 0 Å². The zero-order chi connectivity index (χ0) is 18.2. The van der Waals surface area contributed by atoms with Gasteiger partial charge in [-0.1, -0.05) is 37.3 Å². The molecule has 2 atom stereocenters. The van der Waals surface area contributed by atoms with E-state index in [4.69, 9.17) is 5.73 Å². The molecule has 2 aromatic carbocycles. The van der Waals surface area contributed by atoms with Crippen LogP contribution in [0.3, 0.4) is 0 Å². The van der Waals surface area contributed by atoms with Crippen LogP contribution in [0.25, 0.3) is 0 Å². The number of nitrogens with one attached hydrogen (secondary N) is 2. The fraction of sp³-hybridized carbons (Fsp3) is 0.263. The van der Waals surface area contributed by atoms with Crippen LogP contribution in [0.4, 0.5) is 4.39 Å². The van der Waals surface area contributed by atoms with Gasteiger partial charge in [-0.25, -0.2) is 4.39 Å². The van der Waals surface area contributed by atoms with Crippen LogP contribution in [0.15, 0.2) is 54.6 Å². The van der Waals surface area contributed by atoms with Gasteiger partial charge in [0, 0.05) is 24.7 Å². The zero-order valence-corrected chi connectivity index (χ0v) is 15.3. The number of halogens is 2. The molecule has 0 aromatic heterocycles. The van der Waals surface area contributed by atoms with Crippen LogP contribution in [0.1, 0.15) is 28.9 Å². The van der Waals surface area contributed by atoms with Crippen LogP contribution in [0.2, 0.25) is 0 Å². The molecule has 0 bridgehead atoms. The van der Waals surface area contributed by atoms with Gasteiger partial charge in [-0.2, -0.15) is 0 Å². The molecule has 4 N–H and O–H groups in total. The third-order valence-electron chi connectivity index (χ3n) is 3.95. The molecule has 0 aliphatic carbocycles. The second kappa shape index (κ2) is 10.5. The Morgan fingerprint density at radius 1 is 1.00 bits per heavy atom. The lowest BCUT2D eigenvalue weighted by Crippen LogP contribution is -2.39. The fourth-order valence-electron chi connectivity index (χ4n) is 2.35. The van der Waals surface area contributed by atoms with Crippen molar-refractivity contribution < 1.29 is 14.0 Å². The molecule has 0 saturated carbocycles. The molecule has 7 heteroatoms. The number of carbonyl (C=O) groups is 2. The highest BCUT2D eigenvalue weighted by molar-refractivity contribution is 5.94. The largest absolute Gasteiger partial charge is 0.354 e. The van der Waals surface area contributed by atoms with E-state index in [1.807, 2.05) is 30.3 Å². The smallest absolute Gasteiger partial charge is 0.251 e. The van der Waals surface area contributed by atoms with Gasteiger partial charge in [0.1, 0.15) is 5.82 Å². The Hall–Kier alpha value is -2.44. The number of hydrogen-bond acceptors (Lipinski definition) is 3. The molecule has 2 aromatic rings. The van der Waals surface area contributed by atoms with Crippen LogP contribution in [-0.2, 0) is 4.79 Å². The summed E-state index contributed by atoms with van der Waals surface area (Å²) in [7, 11) is 0. The average molecular weight is 380 g/mol. The topological polar surface area (TPSA) is 84.2 Å². The van der Waals surface area contributed by atoms with Gasteiger partial charge in [0.05, 0.1) is 5.92 Å². The summed E-state index contributed by atoms with van der Waals surface area (Å²) in [5.74, 6) is -1.28. The third kappa shape index (κ3) is 6.13. The van der Waals surface area contributed by atoms with E-state index in [9.17, 15) is 14.0 Å². The molecule has 2 unspecified atom stereocenters. The first kappa shape index (κ1) is 21.6. The predicted molar refractivity (Wildman–Crippen MR) is 102 cm³/mol. The number of carbonyl (C=O) groups excluding carboxylic acids is 2. The molecule has 26 heavy (non-hydrogen) atoms. The molecular weight excluding hydrogens is 357 g/mol. The molecule has 0 fully saturated rings. The lowest BCUT2D eigenvalue weighted by atomic mass is 9.95. The Bertz CT molecular complexity index is 710. The number of amides is 2. The predicted octanol–water partition coefficient (Wildman–Crippen LogP) is 2.43. The van der Waals surface area contributed by atoms with Crippen LogP contribution in [-0.4, -0.2) is 24.9 Å². The van der Waals surface area contributed by atoms with Gasteiger partial charge in [-0.3, -0.25) is 9.59 Å². The van der Waals surface area contributed by atoms with Gasteiger partial charge in [0.2, 0.25) is 5.91 Å². The van der Waals surface area contributed by atoms with Crippen molar-refractivity contribution in [1.82, 2.24) is 10.6 Å². The van der Waals surface area contributed by atoms with Crippen molar-refractivity contribution in [2.24, 2.45) is 11.7 Å². The van der Waals surface area contributed by atoms with Gasteiger partial charge >= 0.3 is 0 Å². The summed E-state index contributed by atoms with van der Waals surface area (Å²) >= 11 is 0. The number of hydrogen-bond donors (Lipinski definition) is 3. The van der Waals surface area contributed by atoms with Crippen LogP contribution in [0.5, 0.6) is 0 Å². The molecule has 0 aliphatic heterocycles. The first-order valence-corrected chi connectivity index (χ1v) is 8.11. The average Bonchev–Trinajstić information content (AvgIpc) is 2.65. The Morgan fingerprint density at radius 2 is 1.58 bits per heavy atom. The summed E-state index contributed by atoms with van der Waals surface area (Å²) in [6.07, 6.45) is 0. The first-order valence-electron chi connectivity index (χ1n) is 8.11. The number of nitrogens with two attached hydrogens (primary N) is 1. The molecule has 0 saturated heterocycles. The third-order valence-corrected chi connectivity index (χ3v) is 3.95. The quantitative estimate of drug-likeness (QED) is 0.646. The minimum atomic E-state index is -0.396. The van der Waals surface area contributed by atoms with Gasteiger partial charge in [-0.15, -0.1) is 12.4 Å². The first-order chi connectivity index (χ1) is 12.0. The Labute approximate surface area is 158 Å². The minimum absolute atomic E-state index is 0. The second-order valence-corrected chi connectivity index (χ2v) is 5.78. The second-order valence-electron chi connectivity index (χ2n) is 5.78. The van der Waals surface area contributed by atoms with Crippen molar-refractivity contribution in [3.63, 3.8) is 0 Å². The van der Waals surface area contributed by atoms with Gasteiger partial charge in [0.15, 0.2) is 0 Å². The highest BCUT2D eigenvalue weighted by Gasteiger charge is 2.21. The Morgan fingerprint density at radius 3 is 2.19 bits per heavy atom. The van der Waals surface area contributed by atoms with E-state index in [0.717, 1.165) is 5.56 Å². The molecule has 2 rings (SSSR count). The van der Waals surface area contributed by atoms with E-state index < -0.39 is 17.8 Å².